The second-order valence-electron chi connectivity index (χ2n) is 6.99. The summed E-state index contributed by atoms with van der Waals surface area (Å²) in [5, 5.41) is 11.0. The number of piperazine rings is 1. The molecule has 1 saturated heterocycles. The van der Waals surface area contributed by atoms with Gasteiger partial charge in [0.15, 0.2) is 0 Å². The monoisotopic (exact) mass is 373 g/mol. The molecular weight excluding hydrogens is 350 g/mol. The fraction of sp³-hybridized carbons (Fsp3) is 0.217. The lowest BCUT2D eigenvalue weighted by molar-refractivity contribution is -0.127. The summed E-state index contributed by atoms with van der Waals surface area (Å²) in [4.78, 5) is 21.0. The summed E-state index contributed by atoms with van der Waals surface area (Å²) >= 11 is 0. The van der Waals surface area contributed by atoms with Gasteiger partial charge in [0, 0.05) is 50.4 Å². The topological polar surface area (TPSA) is 56.7 Å². The van der Waals surface area contributed by atoms with Gasteiger partial charge in [-0.3, -0.25) is 14.7 Å². The van der Waals surface area contributed by atoms with Crippen molar-refractivity contribution >= 4 is 22.9 Å². The van der Waals surface area contributed by atoms with Crippen LogP contribution < -0.4 is 0 Å². The number of hydrogen-bond donors (Lipinski definition) is 1. The van der Waals surface area contributed by atoms with Crippen molar-refractivity contribution in [3.8, 4) is 5.75 Å². The van der Waals surface area contributed by atoms with Crippen molar-refractivity contribution in [3.05, 3.63) is 78.0 Å². The first-order valence-corrected chi connectivity index (χ1v) is 9.51. The molecule has 1 aliphatic heterocycles. The van der Waals surface area contributed by atoms with Gasteiger partial charge in [0.2, 0.25) is 5.91 Å². The Kier molecular flexibility index (Phi) is 5.35. The van der Waals surface area contributed by atoms with Crippen LogP contribution in [0.25, 0.3) is 17.0 Å². The van der Waals surface area contributed by atoms with Gasteiger partial charge in [0.25, 0.3) is 0 Å². The first kappa shape index (κ1) is 18.2. The van der Waals surface area contributed by atoms with E-state index in [9.17, 15) is 9.90 Å². The number of rotatable bonds is 4. The molecule has 1 aliphatic rings. The van der Waals surface area contributed by atoms with Crippen LogP contribution in [0.5, 0.6) is 5.75 Å². The molecule has 5 heteroatoms. The zero-order valence-electron chi connectivity index (χ0n) is 15.7. The summed E-state index contributed by atoms with van der Waals surface area (Å²) < 4.78 is 0. The van der Waals surface area contributed by atoms with E-state index in [1.807, 2.05) is 59.5 Å². The van der Waals surface area contributed by atoms with Gasteiger partial charge >= 0.3 is 0 Å². The van der Waals surface area contributed by atoms with E-state index in [4.69, 9.17) is 0 Å². The molecule has 2 aromatic carbocycles. The number of benzene rings is 2. The van der Waals surface area contributed by atoms with Crippen LogP contribution in [0.3, 0.4) is 0 Å². The summed E-state index contributed by atoms with van der Waals surface area (Å²) in [6, 6.07) is 17.4. The molecular formula is C23H23N3O2. The Bertz CT molecular complexity index is 993. The maximum absolute atomic E-state index is 12.4. The van der Waals surface area contributed by atoms with Crippen molar-refractivity contribution in [3.63, 3.8) is 0 Å². The highest BCUT2D eigenvalue weighted by Gasteiger charge is 2.20. The van der Waals surface area contributed by atoms with Gasteiger partial charge in [-0.05, 0) is 29.3 Å². The molecule has 1 amide bonds. The number of carbonyl (C=O) groups is 1. The summed E-state index contributed by atoms with van der Waals surface area (Å²) in [5.74, 6) is 0.266. The fourth-order valence-electron chi connectivity index (χ4n) is 3.56. The second-order valence-corrected chi connectivity index (χ2v) is 6.99. The third-order valence-corrected chi connectivity index (χ3v) is 5.13. The average Bonchev–Trinajstić information content (AvgIpc) is 2.75. The van der Waals surface area contributed by atoms with Gasteiger partial charge in [-0.1, -0.05) is 42.5 Å². The lowest BCUT2D eigenvalue weighted by Crippen LogP contribution is -2.47. The third kappa shape index (κ3) is 4.05. The summed E-state index contributed by atoms with van der Waals surface area (Å²) in [7, 11) is 0. The van der Waals surface area contributed by atoms with E-state index in [1.165, 1.54) is 0 Å². The van der Waals surface area contributed by atoms with Crippen LogP contribution in [0.1, 0.15) is 11.1 Å². The van der Waals surface area contributed by atoms with Crippen LogP contribution in [0.15, 0.2) is 66.9 Å². The van der Waals surface area contributed by atoms with Crippen molar-refractivity contribution in [2.24, 2.45) is 0 Å². The maximum Gasteiger partial charge on any atom is 0.246 e. The molecule has 0 atom stereocenters. The number of aromatic nitrogens is 1. The molecule has 4 rings (SSSR count). The molecule has 0 spiro atoms. The molecule has 0 radical (unpaired) electrons. The summed E-state index contributed by atoms with van der Waals surface area (Å²) in [6.45, 7) is 3.86. The van der Waals surface area contributed by atoms with E-state index >= 15 is 0 Å². The molecule has 1 fully saturated rings. The van der Waals surface area contributed by atoms with Gasteiger partial charge in [-0.2, -0.15) is 0 Å². The van der Waals surface area contributed by atoms with Crippen molar-refractivity contribution < 1.29 is 9.90 Å². The fourth-order valence-corrected chi connectivity index (χ4v) is 3.56. The Labute approximate surface area is 164 Å². The highest BCUT2D eigenvalue weighted by atomic mass is 16.3. The van der Waals surface area contributed by atoms with Crippen LogP contribution in [-0.4, -0.2) is 52.0 Å². The maximum atomic E-state index is 12.4. The van der Waals surface area contributed by atoms with E-state index in [0.717, 1.165) is 36.1 Å². The first-order chi connectivity index (χ1) is 13.7. The van der Waals surface area contributed by atoms with E-state index in [1.54, 1.807) is 18.3 Å². The van der Waals surface area contributed by atoms with Crippen LogP contribution in [-0.2, 0) is 11.3 Å². The molecule has 28 heavy (non-hydrogen) atoms. The molecule has 0 saturated carbocycles. The molecule has 3 aromatic rings. The average molecular weight is 373 g/mol. The number of amides is 1. The minimum absolute atomic E-state index is 0.0581. The Hall–Kier alpha value is -3.18. The Morgan fingerprint density at radius 1 is 1.00 bits per heavy atom. The van der Waals surface area contributed by atoms with Gasteiger partial charge in [0.1, 0.15) is 11.3 Å². The molecule has 1 N–H and O–H groups in total. The third-order valence-electron chi connectivity index (χ3n) is 5.13. The molecule has 1 aromatic heterocycles. The molecule has 5 nitrogen and oxygen atoms in total. The number of phenols is 1. The van der Waals surface area contributed by atoms with E-state index < -0.39 is 0 Å². The minimum atomic E-state index is 0.0581. The molecule has 0 aliphatic carbocycles. The standard InChI is InChI=1S/C23H23N3O2/c27-21-10-9-19(20-7-4-12-24-23(20)21)17-25-13-15-26(16-14-25)22(28)11-8-18-5-2-1-3-6-18/h1-12,27H,13-17H2/b11-8+. The zero-order chi connectivity index (χ0) is 19.3. The number of carbonyl (C=O) groups excluding carboxylic acids is 1. The minimum Gasteiger partial charge on any atom is -0.506 e. The van der Waals surface area contributed by atoms with Crippen molar-refractivity contribution in [2.75, 3.05) is 26.2 Å². The van der Waals surface area contributed by atoms with Crippen LogP contribution in [0.2, 0.25) is 0 Å². The van der Waals surface area contributed by atoms with E-state index in [2.05, 4.69) is 9.88 Å². The number of aromatic hydroxyl groups is 1. The van der Waals surface area contributed by atoms with Crippen molar-refractivity contribution in [1.82, 2.24) is 14.8 Å². The van der Waals surface area contributed by atoms with Crippen molar-refractivity contribution in [1.29, 1.82) is 0 Å². The Morgan fingerprint density at radius 2 is 1.79 bits per heavy atom. The summed E-state index contributed by atoms with van der Waals surface area (Å²) in [6.07, 6.45) is 5.22. The van der Waals surface area contributed by atoms with Crippen LogP contribution in [0, 0.1) is 0 Å². The molecule has 142 valence electrons. The number of pyridine rings is 1. The number of nitrogens with zero attached hydrogens (tertiary/aromatic N) is 3. The number of phenolic OH excluding ortho intramolecular Hbond substituents is 1. The highest BCUT2D eigenvalue weighted by molar-refractivity contribution is 5.92. The van der Waals surface area contributed by atoms with Crippen LogP contribution >= 0.6 is 0 Å². The predicted molar refractivity (Wildman–Crippen MR) is 111 cm³/mol. The lowest BCUT2D eigenvalue weighted by atomic mass is 10.1. The zero-order valence-corrected chi connectivity index (χ0v) is 15.7. The van der Waals surface area contributed by atoms with Crippen molar-refractivity contribution in [2.45, 2.75) is 6.54 Å². The highest BCUT2D eigenvalue weighted by Crippen LogP contribution is 2.26. The van der Waals surface area contributed by atoms with E-state index in [-0.39, 0.29) is 11.7 Å². The second kappa shape index (κ2) is 8.23. The largest absolute Gasteiger partial charge is 0.506 e. The molecule has 2 heterocycles. The van der Waals surface area contributed by atoms with Gasteiger partial charge in [-0.15, -0.1) is 0 Å². The Morgan fingerprint density at radius 3 is 2.57 bits per heavy atom. The van der Waals surface area contributed by atoms with Gasteiger partial charge < -0.3 is 10.0 Å². The lowest BCUT2D eigenvalue weighted by Gasteiger charge is -2.34. The normalized spacial score (nSPS) is 15.4. The Balaban J connectivity index is 1.37. The summed E-state index contributed by atoms with van der Waals surface area (Å²) in [5.41, 5.74) is 2.81. The van der Waals surface area contributed by atoms with Gasteiger partial charge in [0.05, 0.1) is 0 Å². The van der Waals surface area contributed by atoms with Gasteiger partial charge in [-0.25, -0.2) is 0 Å². The quantitative estimate of drug-likeness (QED) is 0.713. The molecule has 0 unspecified atom stereocenters. The SMILES string of the molecule is O=C(/C=C/c1ccccc1)N1CCN(Cc2ccc(O)c3ncccc23)CC1. The smallest absolute Gasteiger partial charge is 0.246 e. The molecule has 0 bridgehead atoms. The van der Waals surface area contributed by atoms with Crippen LogP contribution in [0.4, 0.5) is 0 Å². The van der Waals surface area contributed by atoms with E-state index in [0.29, 0.717) is 18.6 Å². The number of fused-ring (bicyclic) bond motifs is 1. The number of hydrogen-bond acceptors (Lipinski definition) is 4. The first-order valence-electron chi connectivity index (χ1n) is 9.51. The predicted octanol–water partition coefficient (Wildman–Crippen LogP) is 3.30.